The van der Waals surface area contributed by atoms with Crippen LogP contribution in [0.15, 0.2) is 78.9 Å². The molecular weight excluding hydrogens is 418 g/mol. The molecule has 1 fully saturated rings. The molecular formula is C26H19N3O4. The van der Waals surface area contributed by atoms with Crippen molar-refractivity contribution >= 4 is 34.5 Å². The van der Waals surface area contributed by atoms with E-state index in [-0.39, 0.29) is 11.3 Å². The monoisotopic (exact) mass is 437 g/mol. The Morgan fingerprint density at radius 1 is 0.909 bits per heavy atom. The number of hydrogen-bond acceptors (Lipinski definition) is 3. The van der Waals surface area contributed by atoms with Crippen molar-refractivity contribution in [1.82, 2.24) is 9.88 Å². The van der Waals surface area contributed by atoms with Gasteiger partial charge in [-0.1, -0.05) is 60.7 Å². The number of amides is 3. The number of fused-ring (bicyclic) bond motifs is 4. The van der Waals surface area contributed by atoms with E-state index in [0.717, 1.165) is 32.6 Å². The van der Waals surface area contributed by atoms with Crippen LogP contribution in [0.4, 0.5) is 10.5 Å². The SMILES string of the molecule is O=C(O)c1ccccc1N1C(=O)[C@@H]2Cc3c([nH]c4ccccc34)[C@H](c3ccccc3)N2C1=O. The summed E-state index contributed by atoms with van der Waals surface area (Å²) in [5, 5.41) is 10.7. The number of carbonyl (C=O) groups excluding carboxylic acids is 2. The number of aromatic amines is 1. The van der Waals surface area contributed by atoms with Gasteiger partial charge >= 0.3 is 12.0 Å². The highest BCUT2D eigenvalue weighted by atomic mass is 16.4. The van der Waals surface area contributed by atoms with Gasteiger partial charge in [-0.2, -0.15) is 0 Å². The number of nitrogens with one attached hydrogen (secondary N) is 1. The molecule has 7 nitrogen and oxygen atoms in total. The third-order valence-electron chi connectivity index (χ3n) is 6.54. The summed E-state index contributed by atoms with van der Waals surface area (Å²) >= 11 is 0. The number of rotatable bonds is 3. The van der Waals surface area contributed by atoms with E-state index in [1.807, 2.05) is 54.6 Å². The largest absolute Gasteiger partial charge is 0.478 e. The van der Waals surface area contributed by atoms with Crippen LogP contribution in [-0.4, -0.2) is 38.9 Å². The van der Waals surface area contributed by atoms with E-state index >= 15 is 0 Å². The summed E-state index contributed by atoms with van der Waals surface area (Å²) in [6.07, 6.45) is 0.360. The molecule has 0 spiro atoms. The molecule has 33 heavy (non-hydrogen) atoms. The van der Waals surface area contributed by atoms with Crippen LogP contribution in [0, 0.1) is 0 Å². The van der Waals surface area contributed by atoms with Crippen molar-refractivity contribution < 1.29 is 19.5 Å². The van der Waals surface area contributed by atoms with Gasteiger partial charge in [0.25, 0.3) is 5.91 Å². The standard InChI is InChI=1S/C26H19N3O4/c30-24-21-14-18-16-10-4-6-12-19(16)27-22(18)23(15-8-2-1-3-9-15)28(21)26(33)29(24)20-13-7-5-11-17(20)25(31)32/h1-13,21,23,27H,14H2,(H,31,32)/t21-,23-/m0/s1. The van der Waals surface area contributed by atoms with Crippen LogP contribution < -0.4 is 4.90 Å². The van der Waals surface area contributed by atoms with Crippen LogP contribution >= 0.6 is 0 Å². The van der Waals surface area contributed by atoms with Gasteiger partial charge in [-0.15, -0.1) is 0 Å². The van der Waals surface area contributed by atoms with Gasteiger partial charge in [0, 0.05) is 23.0 Å². The Hall–Kier alpha value is -4.39. The van der Waals surface area contributed by atoms with E-state index in [2.05, 4.69) is 4.98 Å². The van der Waals surface area contributed by atoms with Crippen molar-refractivity contribution in [1.29, 1.82) is 0 Å². The van der Waals surface area contributed by atoms with Crippen molar-refractivity contribution in [2.75, 3.05) is 4.90 Å². The van der Waals surface area contributed by atoms with Crippen molar-refractivity contribution in [3.05, 3.63) is 101 Å². The zero-order valence-electron chi connectivity index (χ0n) is 17.4. The van der Waals surface area contributed by atoms with Crippen LogP contribution in [0.3, 0.4) is 0 Å². The Morgan fingerprint density at radius 3 is 2.39 bits per heavy atom. The number of anilines is 1. The Labute approximate surface area is 188 Å². The maximum absolute atomic E-state index is 13.8. The zero-order chi connectivity index (χ0) is 22.7. The van der Waals surface area contributed by atoms with E-state index in [4.69, 9.17) is 0 Å². The number of carboxylic acids is 1. The number of carboxylic acid groups (broad SMARTS) is 1. The van der Waals surface area contributed by atoms with Crippen LogP contribution in [0.5, 0.6) is 0 Å². The third-order valence-corrected chi connectivity index (χ3v) is 6.54. The fourth-order valence-electron chi connectivity index (χ4n) is 5.13. The first-order valence-corrected chi connectivity index (χ1v) is 10.7. The van der Waals surface area contributed by atoms with Gasteiger partial charge in [0.05, 0.1) is 11.3 Å². The predicted octanol–water partition coefficient (Wildman–Crippen LogP) is 4.35. The summed E-state index contributed by atoms with van der Waals surface area (Å²) < 4.78 is 0. The number of urea groups is 1. The average molecular weight is 437 g/mol. The van der Waals surface area contributed by atoms with Crippen molar-refractivity contribution in [3.8, 4) is 0 Å². The minimum absolute atomic E-state index is 0.0840. The van der Waals surface area contributed by atoms with E-state index in [1.54, 1.807) is 17.0 Å². The lowest BCUT2D eigenvalue weighted by Crippen LogP contribution is -2.44. The number of aromatic carboxylic acids is 1. The van der Waals surface area contributed by atoms with Gasteiger partial charge in [0.1, 0.15) is 12.1 Å². The van der Waals surface area contributed by atoms with Gasteiger partial charge in [0.2, 0.25) is 0 Å². The second-order valence-corrected chi connectivity index (χ2v) is 8.28. The number of H-pyrrole nitrogens is 1. The van der Waals surface area contributed by atoms with Crippen LogP contribution in [-0.2, 0) is 11.2 Å². The van der Waals surface area contributed by atoms with Gasteiger partial charge in [-0.25, -0.2) is 14.5 Å². The molecule has 162 valence electrons. The number of para-hydroxylation sites is 2. The number of hydrogen-bond donors (Lipinski definition) is 2. The summed E-state index contributed by atoms with van der Waals surface area (Å²) in [5.74, 6) is -1.60. The molecule has 7 heteroatoms. The van der Waals surface area contributed by atoms with Gasteiger partial charge in [-0.05, 0) is 29.3 Å². The minimum Gasteiger partial charge on any atom is -0.478 e. The van der Waals surface area contributed by atoms with Crippen LogP contribution in [0.2, 0.25) is 0 Å². The number of nitrogens with zero attached hydrogens (tertiary/aromatic N) is 2. The van der Waals surface area contributed by atoms with Crippen molar-refractivity contribution in [2.24, 2.45) is 0 Å². The fraction of sp³-hybridized carbons (Fsp3) is 0.115. The molecule has 0 saturated carbocycles. The molecule has 1 aromatic heterocycles. The highest BCUT2D eigenvalue weighted by Crippen LogP contribution is 2.45. The van der Waals surface area contributed by atoms with Gasteiger partial charge < -0.3 is 10.1 Å². The lowest BCUT2D eigenvalue weighted by atomic mass is 9.89. The summed E-state index contributed by atoms with van der Waals surface area (Å²) in [7, 11) is 0. The fourth-order valence-corrected chi connectivity index (χ4v) is 5.13. The summed E-state index contributed by atoms with van der Waals surface area (Å²) in [4.78, 5) is 45.3. The first-order valence-electron chi connectivity index (χ1n) is 10.7. The Bertz CT molecular complexity index is 1440. The number of imide groups is 1. The Morgan fingerprint density at radius 2 is 1.61 bits per heavy atom. The molecule has 2 atom stereocenters. The molecule has 3 aromatic carbocycles. The van der Waals surface area contributed by atoms with Crippen molar-refractivity contribution in [3.63, 3.8) is 0 Å². The molecule has 0 radical (unpaired) electrons. The van der Waals surface area contributed by atoms with E-state index < -0.39 is 30.0 Å². The lowest BCUT2D eigenvalue weighted by molar-refractivity contribution is -0.120. The quantitative estimate of drug-likeness (QED) is 0.466. The van der Waals surface area contributed by atoms with Crippen LogP contribution in [0.25, 0.3) is 10.9 Å². The minimum atomic E-state index is -1.19. The zero-order valence-corrected chi connectivity index (χ0v) is 17.4. The lowest BCUT2D eigenvalue weighted by Gasteiger charge is -2.36. The first kappa shape index (κ1) is 19.3. The van der Waals surface area contributed by atoms with E-state index in [1.165, 1.54) is 12.1 Å². The van der Waals surface area contributed by atoms with E-state index in [0.29, 0.717) is 6.42 Å². The molecule has 2 aliphatic heterocycles. The van der Waals surface area contributed by atoms with E-state index in [9.17, 15) is 19.5 Å². The predicted molar refractivity (Wildman–Crippen MR) is 122 cm³/mol. The molecule has 3 heterocycles. The van der Waals surface area contributed by atoms with Crippen LogP contribution in [0.1, 0.15) is 33.2 Å². The third kappa shape index (κ3) is 2.72. The van der Waals surface area contributed by atoms with Crippen molar-refractivity contribution in [2.45, 2.75) is 18.5 Å². The molecule has 1 saturated heterocycles. The molecule has 2 aliphatic rings. The second-order valence-electron chi connectivity index (χ2n) is 8.28. The Balaban J connectivity index is 1.55. The molecule has 0 bridgehead atoms. The molecule has 3 amide bonds. The highest BCUT2D eigenvalue weighted by molar-refractivity contribution is 6.23. The smallest absolute Gasteiger partial charge is 0.337 e. The maximum atomic E-state index is 13.8. The summed E-state index contributed by atoms with van der Waals surface area (Å²) in [6, 6.07) is 21.9. The molecule has 0 unspecified atom stereocenters. The number of aromatic nitrogens is 1. The number of carbonyl (C=O) groups is 3. The summed E-state index contributed by atoms with van der Waals surface area (Å²) in [6.45, 7) is 0. The maximum Gasteiger partial charge on any atom is 0.337 e. The topological polar surface area (TPSA) is 93.7 Å². The second kappa shape index (κ2) is 7.06. The molecule has 6 rings (SSSR count). The normalized spacial score (nSPS) is 19.6. The molecule has 4 aromatic rings. The van der Waals surface area contributed by atoms with Gasteiger partial charge in [-0.3, -0.25) is 9.69 Å². The highest BCUT2D eigenvalue weighted by Gasteiger charge is 2.53. The number of benzene rings is 3. The van der Waals surface area contributed by atoms with Gasteiger partial charge in [0.15, 0.2) is 0 Å². The Kier molecular flexibility index (Phi) is 4.13. The molecule has 2 N–H and O–H groups in total. The first-order chi connectivity index (χ1) is 16.1. The average Bonchev–Trinajstić information content (AvgIpc) is 3.33. The summed E-state index contributed by atoms with van der Waals surface area (Å²) in [5.41, 5.74) is 3.74. The molecule has 0 aliphatic carbocycles.